The standard InChI is InChI=1S/C22H27FN6O/c1-15-20(23)10-17(11-25-15)22-19-4-8-30-9-5-21(19)29(27-22)18-12-26-28(14-18)13-16-2-6-24-7-3-16/h10-12,14,16,24H,2-9,13H2,1H3. The molecule has 0 atom stereocenters. The number of piperidine rings is 1. The Bertz CT molecular complexity index is 1040. The Morgan fingerprint density at radius 1 is 1.20 bits per heavy atom. The van der Waals surface area contributed by atoms with Crippen LogP contribution < -0.4 is 5.32 Å². The van der Waals surface area contributed by atoms with E-state index in [1.807, 2.05) is 15.6 Å². The summed E-state index contributed by atoms with van der Waals surface area (Å²) in [5.41, 5.74) is 5.05. The minimum atomic E-state index is -0.310. The van der Waals surface area contributed by atoms with Crippen LogP contribution in [0.2, 0.25) is 0 Å². The molecule has 3 aromatic heterocycles. The SMILES string of the molecule is Cc1ncc(-c2nn(-c3cnn(CC4CCNCC4)c3)c3c2CCOCC3)cc1F. The largest absolute Gasteiger partial charge is 0.381 e. The summed E-state index contributed by atoms with van der Waals surface area (Å²) in [7, 11) is 0. The van der Waals surface area contributed by atoms with E-state index in [0.717, 1.165) is 55.1 Å². The number of halogens is 1. The van der Waals surface area contributed by atoms with Crippen molar-refractivity contribution in [2.45, 2.75) is 39.2 Å². The van der Waals surface area contributed by atoms with Gasteiger partial charge in [0.15, 0.2) is 0 Å². The van der Waals surface area contributed by atoms with Gasteiger partial charge in [0.2, 0.25) is 0 Å². The molecule has 0 aromatic carbocycles. The first-order valence-electron chi connectivity index (χ1n) is 10.7. The zero-order chi connectivity index (χ0) is 20.5. The molecular formula is C22H27FN6O. The van der Waals surface area contributed by atoms with Crippen LogP contribution in [0.15, 0.2) is 24.7 Å². The first kappa shape index (κ1) is 19.4. The fourth-order valence-corrected chi connectivity index (χ4v) is 4.42. The first-order chi connectivity index (χ1) is 14.7. The minimum Gasteiger partial charge on any atom is -0.381 e. The lowest BCUT2D eigenvalue weighted by Gasteiger charge is -2.22. The molecule has 158 valence electrons. The Morgan fingerprint density at radius 3 is 2.87 bits per heavy atom. The van der Waals surface area contributed by atoms with Crippen molar-refractivity contribution in [3.05, 3.63) is 47.4 Å². The van der Waals surface area contributed by atoms with E-state index in [2.05, 4.69) is 21.6 Å². The molecule has 7 nitrogen and oxygen atoms in total. The molecule has 8 heteroatoms. The topological polar surface area (TPSA) is 69.8 Å². The van der Waals surface area contributed by atoms with E-state index < -0.39 is 0 Å². The number of nitrogens with zero attached hydrogens (tertiary/aromatic N) is 5. The van der Waals surface area contributed by atoms with Crippen molar-refractivity contribution in [3.63, 3.8) is 0 Å². The lowest BCUT2D eigenvalue weighted by atomic mass is 9.98. The van der Waals surface area contributed by atoms with Crippen molar-refractivity contribution in [2.75, 3.05) is 26.3 Å². The van der Waals surface area contributed by atoms with Crippen LogP contribution in [0.5, 0.6) is 0 Å². The van der Waals surface area contributed by atoms with Gasteiger partial charge in [-0.1, -0.05) is 0 Å². The van der Waals surface area contributed by atoms with Gasteiger partial charge in [-0.15, -0.1) is 0 Å². The normalized spacial score (nSPS) is 17.7. The van der Waals surface area contributed by atoms with Crippen molar-refractivity contribution in [1.29, 1.82) is 0 Å². The summed E-state index contributed by atoms with van der Waals surface area (Å²) < 4.78 is 23.9. The lowest BCUT2D eigenvalue weighted by molar-refractivity contribution is 0.145. The van der Waals surface area contributed by atoms with Gasteiger partial charge in [0.25, 0.3) is 0 Å². The van der Waals surface area contributed by atoms with Gasteiger partial charge < -0.3 is 10.1 Å². The van der Waals surface area contributed by atoms with E-state index >= 15 is 0 Å². The molecular weight excluding hydrogens is 383 g/mol. The van der Waals surface area contributed by atoms with Crippen molar-refractivity contribution in [3.8, 4) is 16.9 Å². The maximum Gasteiger partial charge on any atom is 0.145 e. The van der Waals surface area contributed by atoms with E-state index in [0.29, 0.717) is 30.4 Å². The minimum absolute atomic E-state index is 0.310. The van der Waals surface area contributed by atoms with Crippen LogP contribution in [0.3, 0.4) is 0 Å². The average Bonchev–Trinajstić information content (AvgIpc) is 3.27. The average molecular weight is 410 g/mol. The number of aromatic nitrogens is 5. The molecule has 30 heavy (non-hydrogen) atoms. The maximum absolute atomic E-state index is 14.2. The number of rotatable bonds is 4. The van der Waals surface area contributed by atoms with Gasteiger partial charge in [-0.2, -0.15) is 10.2 Å². The summed E-state index contributed by atoms with van der Waals surface area (Å²) in [4.78, 5) is 4.20. The van der Waals surface area contributed by atoms with Crippen molar-refractivity contribution < 1.29 is 9.13 Å². The van der Waals surface area contributed by atoms with E-state index in [1.54, 1.807) is 13.1 Å². The third-order valence-corrected chi connectivity index (χ3v) is 6.14. The monoisotopic (exact) mass is 410 g/mol. The van der Waals surface area contributed by atoms with Crippen LogP contribution in [0.25, 0.3) is 16.9 Å². The van der Waals surface area contributed by atoms with Gasteiger partial charge >= 0.3 is 0 Å². The molecule has 5 rings (SSSR count). The first-order valence-corrected chi connectivity index (χ1v) is 10.7. The zero-order valence-electron chi connectivity index (χ0n) is 17.3. The summed E-state index contributed by atoms with van der Waals surface area (Å²) in [5, 5.41) is 12.9. The highest BCUT2D eigenvalue weighted by molar-refractivity contribution is 5.64. The smallest absolute Gasteiger partial charge is 0.145 e. The Balaban J connectivity index is 1.50. The number of fused-ring (bicyclic) bond motifs is 1. The molecule has 2 aliphatic heterocycles. The molecule has 0 spiro atoms. The van der Waals surface area contributed by atoms with Crippen LogP contribution in [0.1, 0.15) is 29.8 Å². The highest BCUT2D eigenvalue weighted by Crippen LogP contribution is 2.30. The quantitative estimate of drug-likeness (QED) is 0.716. The highest BCUT2D eigenvalue weighted by atomic mass is 19.1. The van der Waals surface area contributed by atoms with Gasteiger partial charge in [0.1, 0.15) is 11.5 Å². The number of pyridine rings is 1. The van der Waals surface area contributed by atoms with Gasteiger partial charge in [-0.25, -0.2) is 9.07 Å². The third-order valence-electron chi connectivity index (χ3n) is 6.14. The second-order valence-electron chi connectivity index (χ2n) is 8.20. The Morgan fingerprint density at radius 2 is 2.03 bits per heavy atom. The van der Waals surface area contributed by atoms with Crippen molar-refractivity contribution in [1.82, 2.24) is 29.9 Å². The lowest BCUT2D eigenvalue weighted by Crippen LogP contribution is -2.29. The molecule has 0 unspecified atom stereocenters. The molecule has 0 aliphatic carbocycles. The zero-order valence-corrected chi connectivity index (χ0v) is 17.3. The molecule has 3 aromatic rings. The molecule has 1 N–H and O–H groups in total. The molecule has 1 fully saturated rings. The summed E-state index contributed by atoms with van der Waals surface area (Å²) in [6.07, 6.45) is 9.53. The number of hydrogen-bond donors (Lipinski definition) is 1. The van der Waals surface area contributed by atoms with Gasteiger partial charge in [-0.3, -0.25) is 9.67 Å². The fourth-order valence-electron chi connectivity index (χ4n) is 4.42. The van der Waals surface area contributed by atoms with Gasteiger partial charge in [0, 0.05) is 30.3 Å². The summed E-state index contributed by atoms with van der Waals surface area (Å²) in [5.74, 6) is 0.342. The molecule has 0 amide bonds. The van der Waals surface area contributed by atoms with Crippen LogP contribution in [-0.4, -0.2) is 50.8 Å². The second kappa shape index (κ2) is 8.28. The van der Waals surface area contributed by atoms with E-state index in [1.165, 1.54) is 18.9 Å². The predicted molar refractivity (Wildman–Crippen MR) is 111 cm³/mol. The van der Waals surface area contributed by atoms with Gasteiger partial charge in [0.05, 0.1) is 42.7 Å². The van der Waals surface area contributed by atoms with Crippen LogP contribution in [0.4, 0.5) is 4.39 Å². The van der Waals surface area contributed by atoms with Gasteiger partial charge in [-0.05, 0) is 51.3 Å². The molecule has 0 radical (unpaired) electrons. The second-order valence-corrected chi connectivity index (χ2v) is 8.20. The van der Waals surface area contributed by atoms with Crippen LogP contribution in [-0.2, 0) is 24.1 Å². The van der Waals surface area contributed by atoms with Crippen molar-refractivity contribution >= 4 is 0 Å². The molecule has 0 saturated carbocycles. The van der Waals surface area contributed by atoms with Crippen LogP contribution in [0, 0.1) is 18.7 Å². The number of ether oxygens (including phenoxy) is 1. The van der Waals surface area contributed by atoms with E-state index in [9.17, 15) is 4.39 Å². The Kier molecular flexibility index (Phi) is 5.35. The Hall–Kier alpha value is -2.58. The summed E-state index contributed by atoms with van der Waals surface area (Å²) >= 11 is 0. The van der Waals surface area contributed by atoms with Crippen molar-refractivity contribution in [2.24, 2.45) is 5.92 Å². The summed E-state index contributed by atoms with van der Waals surface area (Å²) in [6.45, 7) is 6.05. The highest BCUT2D eigenvalue weighted by Gasteiger charge is 2.23. The van der Waals surface area contributed by atoms with E-state index in [-0.39, 0.29) is 5.82 Å². The van der Waals surface area contributed by atoms with E-state index in [4.69, 9.17) is 9.84 Å². The van der Waals surface area contributed by atoms with Crippen LogP contribution >= 0.6 is 0 Å². The molecule has 2 aliphatic rings. The number of hydrogen-bond acceptors (Lipinski definition) is 5. The molecule has 5 heterocycles. The number of nitrogens with one attached hydrogen (secondary N) is 1. The number of aryl methyl sites for hydroxylation is 1. The summed E-state index contributed by atoms with van der Waals surface area (Å²) in [6, 6.07) is 1.53. The third kappa shape index (κ3) is 3.77. The Labute approximate surface area is 175 Å². The molecule has 0 bridgehead atoms. The predicted octanol–water partition coefficient (Wildman–Crippen LogP) is 2.69. The molecule has 1 saturated heterocycles. The fraction of sp³-hybridized carbons (Fsp3) is 0.500. The maximum atomic E-state index is 14.2.